The first kappa shape index (κ1) is 17.2. The molecule has 124 valence electrons. The van der Waals surface area contributed by atoms with Gasteiger partial charge < -0.3 is 15.4 Å². The summed E-state index contributed by atoms with van der Waals surface area (Å²) in [5.41, 5.74) is 1.64. The van der Waals surface area contributed by atoms with Gasteiger partial charge in [-0.2, -0.15) is 0 Å². The van der Waals surface area contributed by atoms with Gasteiger partial charge in [-0.05, 0) is 55.5 Å². The summed E-state index contributed by atoms with van der Waals surface area (Å²) in [5, 5.41) is 8.23. The molecule has 0 saturated heterocycles. The third kappa shape index (κ3) is 4.08. The minimum atomic E-state index is 0.428. The van der Waals surface area contributed by atoms with E-state index in [0.717, 1.165) is 21.7 Å². The highest BCUT2D eigenvalue weighted by molar-refractivity contribution is 7.80. The van der Waals surface area contributed by atoms with Crippen molar-refractivity contribution in [1.82, 2.24) is 4.98 Å². The zero-order chi connectivity index (χ0) is 17.1. The number of benzene rings is 2. The number of hydrogen-bond donors (Lipinski definition) is 2. The number of nitrogens with zero attached hydrogens (tertiary/aromatic N) is 1. The molecule has 0 unspecified atom stereocenters. The van der Waals surface area contributed by atoms with Crippen LogP contribution < -0.4 is 15.4 Å². The number of rotatable bonds is 4. The largest absolute Gasteiger partial charge is 0.494 e. The van der Waals surface area contributed by atoms with E-state index in [0.29, 0.717) is 26.9 Å². The van der Waals surface area contributed by atoms with Gasteiger partial charge in [0.2, 0.25) is 0 Å². The van der Waals surface area contributed by atoms with Crippen LogP contribution in [0.5, 0.6) is 5.75 Å². The first-order valence-electron chi connectivity index (χ1n) is 7.11. The second-order valence-electron chi connectivity index (χ2n) is 4.79. The average molecular weight is 398 g/mol. The molecule has 0 aliphatic heterocycles. The van der Waals surface area contributed by atoms with Gasteiger partial charge in [-0.15, -0.1) is 0 Å². The molecule has 3 aromatic rings. The summed E-state index contributed by atoms with van der Waals surface area (Å²) in [6, 6.07) is 11.0. The van der Waals surface area contributed by atoms with E-state index in [1.54, 1.807) is 18.2 Å². The van der Waals surface area contributed by atoms with Crippen LogP contribution in [0.1, 0.15) is 6.92 Å². The Hall–Kier alpha value is -1.60. The molecule has 0 spiro atoms. The van der Waals surface area contributed by atoms with Crippen molar-refractivity contribution in [2.75, 3.05) is 17.2 Å². The molecule has 0 aliphatic carbocycles. The van der Waals surface area contributed by atoms with Crippen LogP contribution in [0.15, 0.2) is 36.4 Å². The van der Waals surface area contributed by atoms with E-state index in [1.165, 1.54) is 11.3 Å². The van der Waals surface area contributed by atoms with Gasteiger partial charge in [0.05, 0.1) is 26.9 Å². The van der Waals surface area contributed by atoms with E-state index in [1.807, 2.05) is 25.1 Å². The van der Waals surface area contributed by atoms with Crippen molar-refractivity contribution in [1.29, 1.82) is 0 Å². The third-order valence-corrected chi connectivity index (χ3v) is 4.95. The number of anilines is 2. The first-order chi connectivity index (χ1) is 11.5. The van der Waals surface area contributed by atoms with Gasteiger partial charge in [-0.25, -0.2) is 4.98 Å². The van der Waals surface area contributed by atoms with Crippen LogP contribution in [0.4, 0.5) is 10.8 Å². The molecule has 0 radical (unpaired) electrons. The average Bonchev–Trinajstić information content (AvgIpc) is 2.92. The quantitative estimate of drug-likeness (QED) is 0.543. The fourth-order valence-electron chi connectivity index (χ4n) is 2.05. The summed E-state index contributed by atoms with van der Waals surface area (Å²) in [5.74, 6) is 0.830. The summed E-state index contributed by atoms with van der Waals surface area (Å²) >= 11 is 18.7. The Balaban J connectivity index is 1.71. The van der Waals surface area contributed by atoms with Gasteiger partial charge >= 0.3 is 0 Å². The van der Waals surface area contributed by atoms with Crippen molar-refractivity contribution < 1.29 is 4.74 Å². The van der Waals surface area contributed by atoms with Gasteiger partial charge in [0, 0.05) is 5.69 Å². The fraction of sp³-hybridized carbons (Fsp3) is 0.125. The van der Waals surface area contributed by atoms with Crippen LogP contribution in [0.25, 0.3) is 10.2 Å². The lowest BCUT2D eigenvalue weighted by Gasteiger charge is -2.08. The van der Waals surface area contributed by atoms with E-state index in [9.17, 15) is 0 Å². The molecule has 8 heteroatoms. The number of nitrogens with one attached hydrogen (secondary N) is 2. The number of fused-ring (bicyclic) bond motifs is 1. The standard InChI is InChI=1S/C16H13Cl2N3OS2/c1-2-22-10-4-6-13-14(8-10)24-16(20-13)21-15(23)19-9-3-5-11(17)12(18)7-9/h3-8H,2H2,1H3,(H2,19,20,21,23). The Bertz CT molecular complexity index is 898. The third-order valence-electron chi connectivity index (χ3n) is 3.07. The highest BCUT2D eigenvalue weighted by Crippen LogP contribution is 2.30. The predicted molar refractivity (Wildman–Crippen MR) is 107 cm³/mol. The Morgan fingerprint density at radius 3 is 2.75 bits per heavy atom. The van der Waals surface area contributed by atoms with Crippen molar-refractivity contribution in [2.45, 2.75) is 6.92 Å². The molecule has 0 amide bonds. The molecule has 2 aromatic carbocycles. The molecule has 1 aromatic heterocycles. The van der Waals surface area contributed by atoms with Gasteiger partial charge in [-0.1, -0.05) is 34.5 Å². The molecule has 0 bridgehead atoms. The minimum absolute atomic E-state index is 0.428. The van der Waals surface area contributed by atoms with E-state index in [-0.39, 0.29) is 0 Å². The molecule has 0 atom stereocenters. The summed E-state index contributed by atoms with van der Waals surface area (Å²) in [6.45, 7) is 2.59. The Labute approximate surface area is 158 Å². The zero-order valence-electron chi connectivity index (χ0n) is 12.6. The van der Waals surface area contributed by atoms with Gasteiger partial charge in [0.25, 0.3) is 0 Å². The Morgan fingerprint density at radius 1 is 1.17 bits per heavy atom. The predicted octanol–water partition coefficient (Wildman–Crippen LogP) is 5.81. The minimum Gasteiger partial charge on any atom is -0.494 e. The number of thiocarbonyl (C=S) groups is 1. The topological polar surface area (TPSA) is 46.2 Å². The lowest BCUT2D eigenvalue weighted by atomic mass is 10.3. The molecule has 3 rings (SSSR count). The maximum Gasteiger partial charge on any atom is 0.190 e. The van der Waals surface area contributed by atoms with Crippen LogP contribution in [0.3, 0.4) is 0 Å². The van der Waals surface area contributed by atoms with Crippen LogP contribution in [0, 0.1) is 0 Å². The van der Waals surface area contributed by atoms with Crippen molar-refractivity contribution in [3.8, 4) is 5.75 Å². The molecule has 0 aliphatic rings. The number of aromatic nitrogens is 1. The molecular formula is C16H13Cl2N3OS2. The van der Waals surface area contributed by atoms with Crippen LogP contribution in [0.2, 0.25) is 10.0 Å². The lowest BCUT2D eigenvalue weighted by Crippen LogP contribution is -2.18. The highest BCUT2D eigenvalue weighted by Gasteiger charge is 2.08. The summed E-state index contributed by atoms with van der Waals surface area (Å²) in [6.07, 6.45) is 0. The molecule has 24 heavy (non-hydrogen) atoms. The fourth-order valence-corrected chi connectivity index (χ4v) is 3.52. The van der Waals surface area contributed by atoms with E-state index < -0.39 is 0 Å². The van der Waals surface area contributed by atoms with Crippen molar-refractivity contribution >= 4 is 72.9 Å². The number of ether oxygens (including phenoxy) is 1. The lowest BCUT2D eigenvalue weighted by molar-refractivity contribution is 0.341. The summed E-state index contributed by atoms with van der Waals surface area (Å²) in [7, 11) is 0. The maximum absolute atomic E-state index is 5.99. The molecule has 4 nitrogen and oxygen atoms in total. The SMILES string of the molecule is CCOc1ccc2nc(NC(=S)Nc3ccc(Cl)c(Cl)c3)sc2c1. The Morgan fingerprint density at radius 2 is 2.00 bits per heavy atom. The van der Waals surface area contributed by atoms with Crippen molar-refractivity contribution in [2.24, 2.45) is 0 Å². The maximum atomic E-state index is 5.99. The van der Waals surface area contributed by atoms with Crippen LogP contribution in [-0.2, 0) is 0 Å². The smallest absolute Gasteiger partial charge is 0.190 e. The molecule has 1 heterocycles. The molecule has 2 N–H and O–H groups in total. The summed E-state index contributed by atoms with van der Waals surface area (Å²) in [4.78, 5) is 4.50. The van der Waals surface area contributed by atoms with E-state index in [4.69, 9.17) is 40.2 Å². The molecule has 0 saturated carbocycles. The van der Waals surface area contributed by atoms with Gasteiger partial charge in [0.15, 0.2) is 10.2 Å². The van der Waals surface area contributed by atoms with Crippen LogP contribution >= 0.6 is 46.8 Å². The second kappa shape index (κ2) is 7.53. The zero-order valence-corrected chi connectivity index (χ0v) is 15.7. The van der Waals surface area contributed by atoms with E-state index in [2.05, 4.69) is 15.6 Å². The van der Waals surface area contributed by atoms with Crippen LogP contribution in [-0.4, -0.2) is 16.7 Å². The normalized spacial score (nSPS) is 10.6. The van der Waals surface area contributed by atoms with E-state index >= 15 is 0 Å². The van der Waals surface area contributed by atoms with Crippen molar-refractivity contribution in [3.05, 3.63) is 46.4 Å². The monoisotopic (exact) mass is 397 g/mol. The molecular weight excluding hydrogens is 385 g/mol. The number of halogens is 2. The second-order valence-corrected chi connectivity index (χ2v) is 7.04. The Kier molecular flexibility index (Phi) is 5.40. The molecule has 0 fully saturated rings. The summed E-state index contributed by atoms with van der Waals surface area (Å²) < 4.78 is 6.53. The number of thiazole rings is 1. The van der Waals surface area contributed by atoms with Gasteiger partial charge in [-0.3, -0.25) is 0 Å². The van der Waals surface area contributed by atoms with Gasteiger partial charge in [0.1, 0.15) is 5.75 Å². The highest BCUT2D eigenvalue weighted by atomic mass is 35.5. The number of hydrogen-bond acceptors (Lipinski definition) is 4. The van der Waals surface area contributed by atoms with Crippen molar-refractivity contribution in [3.63, 3.8) is 0 Å². The first-order valence-corrected chi connectivity index (χ1v) is 9.09.